The van der Waals surface area contributed by atoms with Crippen molar-refractivity contribution in [2.75, 3.05) is 37.6 Å². The molecule has 3 fully saturated rings. The number of anilines is 1. The van der Waals surface area contributed by atoms with Gasteiger partial charge in [-0.25, -0.2) is 9.78 Å². The molecule has 0 radical (unpaired) electrons. The Morgan fingerprint density at radius 3 is 2.38 bits per heavy atom. The average Bonchev–Trinajstić information content (AvgIpc) is 2.95. The molecule has 1 aromatic rings. The van der Waals surface area contributed by atoms with E-state index < -0.39 is 23.3 Å². The van der Waals surface area contributed by atoms with Crippen molar-refractivity contribution in [1.29, 1.82) is 0 Å². The van der Waals surface area contributed by atoms with E-state index in [0.29, 0.717) is 44.8 Å². The molecule has 4 amide bonds. The van der Waals surface area contributed by atoms with E-state index in [0.717, 1.165) is 23.6 Å². The lowest BCUT2D eigenvalue weighted by Gasteiger charge is -2.43. The molecule has 1 aliphatic carbocycles. The molecule has 4 rings (SSSR count). The number of piperazine rings is 1. The van der Waals surface area contributed by atoms with Gasteiger partial charge in [0.1, 0.15) is 17.9 Å². The Bertz CT molecular complexity index is 973. The normalized spacial score (nSPS) is 27.4. The van der Waals surface area contributed by atoms with E-state index in [4.69, 9.17) is 0 Å². The molecule has 3 aliphatic rings. The van der Waals surface area contributed by atoms with Crippen molar-refractivity contribution < 1.29 is 27.6 Å². The maximum Gasteiger partial charge on any atom is 0.417 e. The Hall–Kier alpha value is -2.85. The van der Waals surface area contributed by atoms with Crippen LogP contribution in [0.3, 0.4) is 0 Å². The summed E-state index contributed by atoms with van der Waals surface area (Å²) in [6.45, 7) is 7.34. The number of aromatic nitrogens is 1. The molecule has 0 unspecified atom stereocenters. The van der Waals surface area contributed by atoms with Gasteiger partial charge in [-0.3, -0.25) is 14.5 Å². The number of carbonyl (C=O) groups excluding carboxylic acids is 3. The Kier molecular flexibility index (Phi) is 6.02. The lowest BCUT2D eigenvalue weighted by atomic mass is 9.64. The van der Waals surface area contributed by atoms with Crippen LogP contribution in [0.15, 0.2) is 18.3 Å². The fraction of sp³-hybridized carbons (Fsp3) is 0.652. The second kappa shape index (κ2) is 8.42. The molecule has 2 saturated heterocycles. The van der Waals surface area contributed by atoms with Gasteiger partial charge >= 0.3 is 12.2 Å². The summed E-state index contributed by atoms with van der Waals surface area (Å²) in [4.78, 5) is 47.1. The average molecular weight is 482 g/mol. The molecule has 0 bridgehead atoms. The number of hydrogen-bond acceptors (Lipinski definition) is 5. The molecule has 34 heavy (non-hydrogen) atoms. The highest BCUT2D eigenvalue weighted by atomic mass is 19.4. The number of carbonyl (C=O) groups is 3. The van der Waals surface area contributed by atoms with E-state index in [1.807, 2.05) is 0 Å². The zero-order valence-electron chi connectivity index (χ0n) is 19.6. The number of alkyl halides is 3. The standard InChI is InChI=1S/C23H30F3N5O3/c1-15-10-21(2,3)14-22(11-15)19(33)31(20(34)28-22)13-18(32)30-8-6-29(7-9-30)17-5-4-16(12-27-17)23(24,25)26/h4-5,12,15H,6-11,13-14H2,1-3H3,(H,28,34)/t15-,22-/m0/s1. The van der Waals surface area contributed by atoms with Crippen molar-refractivity contribution in [3.63, 3.8) is 0 Å². The second-order valence-corrected chi connectivity index (χ2v) is 10.5. The van der Waals surface area contributed by atoms with Gasteiger partial charge in [-0.05, 0) is 42.7 Å². The minimum atomic E-state index is -4.44. The molecule has 3 heterocycles. The fourth-order valence-corrected chi connectivity index (χ4v) is 5.81. The van der Waals surface area contributed by atoms with Crippen LogP contribution >= 0.6 is 0 Å². The van der Waals surface area contributed by atoms with Gasteiger partial charge in [-0.2, -0.15) is 13.2 Å². The van der Waals surface area contributed by atoms with Crippen molar-refractivity contribution in [2.45, 2.75) is 51.7 Å². The molecular formula is C23H30F3N5O3. The number of amides is 4. The molecule has 1 saturated carbocycles. The zero-order valence-corrected chi connectivity index (χ0v) is 19.6. The maximum atomic E-state index is 13.3. The van der Waals surface area contributed by atoms with Crippen LogP contribution in [-0.2, 0) is 15.8 Å². The van der Waals surface area contributed by atoms with Crippen LogP contribution in [0.5, 0.6) is 0 Å². The molecule has 1 N–H and O–H groups in total. The van der Waals surface area contributed by atoms with Crippen molar-refractivity contribution in [1.82, 2.24) is 20.1 Å². The Labute approximate surface area is 196 Å². The SMILES string of the molecule is C[C@H]1CC(C)(C)C[C@]2(C1)NC(=O)N(CC(=O)N1CCN(c3ccc(C(F)(F)F)cn3)CC1)C2=O. The van der Waals surface area contributed by atoms with E-state index in [-0.39, 0.29) is 29.7 Å². The van der Waals surface area contributed by atoms with Gasteiger partial charge in [0.15, 0.2) is 0 Å². The summed E-state index contributed by atoms with van der Waals surface area (Å²) in [5.41, 5.74) is -1.86. The highest BCUT2D eigenvalue weighted by Crippen LogP contribution is 2.46. The quantitative estimate of drug-likeness (QED) is 0.671. The molecule has 11 heteroatoms. The third kappa shape index (κ3) is 4.69. The van der Waals surface area contributed by atoms with Crippen LogP contribution in [0.2, 0.25) is 0 Å². The minimum absolute atomic E-state index is 0.0940. The predicted octanol–water partition coefficient (Wildman–Crippen LogP) is 2.89. The van der Waals surface area contributed by atoms with Crippen LogP contribution < -0.4 is 10.2 Å². The topological polar surface area (TPSA) is 85.8 Å². The summed E-state index contributed by atoms with van der Waals surface area (Å²) in [7, 11) is 0. The maximum absolute atomic E-state index is 13.3. The third-order valence-electron chi connectivity index (χ3n) is 6.95. The van der Waals surface area contributed by atoms with Crippen molar-refractivity contribution in [3.05, 3.63) is 23.9 Å². The van der Waals surface area contributed by atoms with Crippen LogP contribution in [0.1, 0.15) is 45.6 Å². The molecule has 2 atom stereocenters. The minimum Gasteiger partial charge on any atom is -0.353 e. The van der Waals surface area contributed by atoms with Gasteiger partial charge in [0.25, 0.3) is 5.91 Å². The summed E-state index contributed by atoms with van der Waals surface area (Å²) in [5.74, 6) is 0.0162. The van der Waals surface area contributed by atoms with Crippen molar-refractivity contribution in [2.24, 2.45) is 11.3 Å². The lowest BCUT2D eigenvalue weighted by molar-refractivity contribution is -0.140. The van der Waals surface area contributed by atoms with Gasteiger partial charge in [0.2, 0.25) is 5.91 Å². The summed E-state index contributed by atoms with van der Waals surface area (Å²) < 4.78 is 38.2. The van der Waals surface area contributed by atoms with Crippen LogP contribution in [-0.4, -0.2) is 70.9 Å². The Morgan fingerprint density at radius 2 is 1.82 bits per heavy atom. The van der Waals surface area contributed by atoms with Gasteiger partial charge in [0, 0.05) is 32.4 Å². The van der Waals surface area contributed by atoms with Crippen LogP contribution in [0, 0.1) is 11.3 Å². The Balaban J connectivity index is 1.35. The molecule has 0 aromatic carbocycles. The number of hydrogen-bond donors (Lipinski definition) is 1. The largest absolute Gasteiger partial charge is 0.417 e. The first-order valence-electron chi connectivity index (χ1n) is 11.5. The van der Waals surface area contributed by atoms with E-state index in [1.54, 1.807) is 9.80 Å². The van der Waals surface area contributed by atoms with Crippen LogP contribution in [0.4, 0.5) is 23.8 Å². The number of imide groups is 1. The smallest absolute Gasteiger partial charge is 0.353 e. The first kappa shape index (κ1) is 24.3. The van der Waals surface area contributed by atoms with Crippen molar-refractivity contribution >= 4 is 23.7 Å². The molecule has 8 nitrogen and oxygen atoms in total. The summed E-state index contributed by atoms with van der Waals surface area (Å²) in [6, 6.07) is 1.77. The number of pyridine rings is 1. The molecular weight excluding hydrogens is 451 g/mol. The van der Waals surface area contributed by atoms with Gasteiger partial charge in [-0.15, -0.1) is 0 Å². The number of nitrogens with one attached hydrogen (secondary N) is 1. The Morgan fingerprint density at radius 1 is 1.15 bits per heavy atom. The van der Waals surface area contributed by atoms with E-state index in [1.165, 1.54) is 6.07 Å². The van der Waals surface area contributed by atoms with E-state index >= 15 is 0 Å². The fourth-order valence-electron chi connectivity index (χ4n) is 5.81. The van der Waals surface area contributed by atoms with E-state index in [2.05, 4.69) is 31.1 Å². The highest BCUT2D eigenvalue weighted by molar-refractivity contribution is 6.09. The summed E-state index contributed by atoms with van der Waals surface area (Å²) in [6.07, 6.45) is -1.58. The second-order valence-electron chi connectivity index (χ2n) is 10.5. The van der Waals surface area contributed by atoms with Gasteiger partial charge in [0.05, 0.1) is 5.56 Å². The van der Waals surface area contributed by atoms with Gasteiger partial charge in [-0.1, -0.05) is 20.8 Å². The van der Waals surface area contributed by atoms with Gasteiger partial charge < -0.3 is 15.1 Å². The predicted molar refractivity (Wildman–Crippen MR) is 118 cm³/mol. The number of halogens is 3. The third-order valence-corrected chi connectivity index (χ3v) is 6.95. The highest BCUT2D eigenvalue weighted by Gasteiger charge is 2.56. The molecule has 2 aliphatic heterocycles. The molecule has 1 spiro atoms. The van der Waals surface area contributed by atoms with Crippen molar-refractivity contribution in [3.8, 4) is 0 Å². The number of nitrogens with zero attached hydrogens (tertiary/aromatic N) is 4. The zero-order chi connectivity index (χ0) is 24.9. The van der Waals surface area contributed by atoms with E-state index in [9.17, 15) is 27.6 Å². The first-order chi connectivity index (χ1) is 15.8. The monoisotopic (exact) mass is 481 g/mol. The summed E-state index contributed by atoms with van der Waals surface area (Å²) in [5, 5.41) is 2.88. The molecule has 186 valence electrons. The first-order valence-corrected chi connectivity index (χ1v) is 11.5. The number of urea groups is 1. The number of rotatable bonds is 3. The lowest BCUT2D eigenvalue weighted by Crippen LogP contribution is -2.55. The molecule has 1 aromatic heterocycles. The van der Waals surface area contributed by atoms with Crippen LogP contribution in [0.25, 0.3) is 0 Å². The summed E-state index contributed by atoms with van der Waals surface area (Å²) >= 11 is 0.